The summed E-state index contributed by atoms with van der Waals surface area (Å²) in [5.74, 6) is -2.90. The number of fused-ring (bicyclic) bond motifs is 1. The fourth-order valence-corrected chi connectivity index (χ4v) is 3.30. The van der Waals surface area contributed by atoms with Gasteiger partial charge in [0.1, 0.15) is 23.3 Å². The van der Waals surface area contributed by atoms with Crippen LogP contribution in [0.4, 0.5) is 17.6 Å². The van der Waals surface area contributed by atoms with Gasteiger partial charge in [0.05, 0.1) is 11.0 Å². The number of imidazole rings is 1. The summed E-state index contributed by atoms with van der Waals surface area (Å²) in [4.78, 5) is 8.46. The molecule has 1 aliphatic rings. The van der Waals surface area contributed by atoms with Crippen molar-refractivity contribution in [3.8, 4) is 5.75 Å². The normalized spacial score (nSPS) is 18.9. The Bertz CT molecular complexity index is 1210. The molecular formula is C19H16F4N6O. The molecule has 30 heavy (non-hydrogen) atoms. The first kappa shape index (κ1) is 19.7. The molecule has 1 atom stereocenters. The van der Waals surface area contributed by atoms with Crippen LogP contribution in [-0.2, 0) is 5.79 Å². The lowest BCUT2D eigenvalue weighted by molar-refractivity contribution is -0.0522. The molecule has 1 aliphatic heterocycles. The number of halogens is 4. The Labute approximate surface area is 167 Å². The van der Waals surface area contributed by atoms with Crippen LogP contribution in [-0.4, -0.2) is 22.0 Å². The molecule has 0 saturated carbocycles. The molecule has 0 spiro atoms. The lowest BCUT2D eigenvalue weighted by Gasteiger charge is -2.33. The number of rotatable bonds is 4. The van der Waals surface area contributed by atoms with Gasteiger partial charge in [-0.1, -0.05) is 0 Å². The maximum atomic E-state index is 14.2. The third-order valence-electron chi connectivity index (χ3n) is 4.52. The highest BCUT2D eigenvalue weighted by Gasteiger charge is 2.33. The van der Waals surface area contributed by atoms with E-state index in [9.17, 15) is 17.6 Å². The molecule has 1 aromatic heterocycles. The zero-order valence-electron chi connectivity index (χ0n) is 15.5. The average Bonchev–Trinajstić information content (AvgIpc) is 2.97. The number of aryl methyl sites for hydroxylation is 1. The summed E-state index contributed by atoms with van der Waals surface area (Å²) in [5, 5.41) is 2.96. The Balaban J connectivity index is 1.75. The van der Waals surface area contributed by atoms with Crippen molar-refractivity contribution in [3.05, 3.63) is 65.5 Å². The Morgan fingerprint density at radius 1 is 1.17 bits per heavy atom. The lowest BCUT2D eigenvalue weighted by Crippen LogP contribution is -2.52. The minimum Gasteiger partial charge on any atom is -0.432 e. The van der Waals surface area contributed by atoms with E-state index in [1.165, 1.54) is 24.3 Å². The third-order valence-corrected chi connectivity index (χ3v) is 4.52. The van der Waals surface area contributed by atoms with Gasteiger partial charge in [0.15, 0.2) is 11.6 Å². The molecule has 11 heteroatoms. The van der Waals surface area contributed by atoms with Crippen molar-refractivity contribution in [1.82, 2.24) is 14.9 Å². The standard InChI is InChI=1S/C19H16F4N6O/c1-9-26-13-7-11(20)3-4-14(13)29(9)17-8-16(24)27-19(25,28-17)10-2-5-15(12(21)6-10)30-18(22)23/h2-8,18,28H,25H2,1H3,(H2,24,27). The lowest BCUT2D eigenvalue weighted by atomic mass is 10.1. The summed E-state index contributed by atoms with van der Waals surface area (Å²) in [6.07, 6.45) is 1.49. The van der Waals surface area contributed by atoms with Crippen LogP contribution in [0.5, 0.6) is 5.75 Å². The fourth-order valence-electron chi connectivity index (χ4n) is 3.30. The molecular weight excluding hydrogens is 404 g/mol. The first-order valence-electron chi connectivity index (χ1n) is 8.70. The largest absolute Gasteiger partial charge is 0.432 e. The molecule has 156 valence electrons. The number of benzene rings is 2. The minimum atomic E-state index is -3.17. The van der Waals surface area contributed by atoms with E-state index in [0.29, 0.717) is 22.7 Å². The van der Waals surface area contributed by atoms with Gasteiger partial charge in [-0.15, -0.1) is 0 Å². The first-order chi connectivity index (χ1) is 14.2. The molecule has 2 aromatic carbocycles. The number of aromatic nitrogens is 2. The number of nitrogens with one attached hydrogen (secondary N) is 1. The summed E-state index contributed by atoms with van der Waals surface area (Å²) in [7, 11) is 0. The van der Waals surface area contributed by atoms with Gasteiger partial charge in [0, 0.05) is 17.7 Å². The second kappa shape index (κ2) is 7.02. The SMILES string of the molecule is Cc1nc2cc(F)ccc2n1C1=CC(N)=NC(N)(c2ccc(OC(F)F)c(F)c2)N1. The highest BCUT2D eigenvalue weighted by molar-refractivity contribution is 5.98. The summed E-state index contributed by atoms with van der Waals surface area (Å²) in [6.45, 7) is -1.47. The van der Waals surface area contributed by atoms with E-state index >= 15 is 0 Å². The van der Waals surface area contributed by atoms with Gasteiger partial charge in [-0.05, 0) is 37.3 Å². The van der Waals surface area contributed by atoms with Crippen LogP contribution in [0.15, 0.2) is 47.5 Å². The van der Waals surface area contributed by atoms with Crippen molar-refractivity contribution in [2.75, 3.05) is 0 Å². The topological polar surface area (TPSA) is 103 Å². The molecule has 0 fully saturated rings. The van der Waals surface area contributed by atoms with E-state index in [0.717, 1.165) is 12.1 Å². The Hall–Kier alpha value is -3.60. The molecule has 0 bridgehead atoms. The van der Waals surface area contributed by atoms with Gasteiger partial charge in [-0.3, -0.25) is 10.3 Å². The number of nitrogens with two attached hydrogens (primary N) is 2. The number of hydrogen-bond donors (Lipinski definition) is 3. The van der Waals surface area contributed by atoms with Crippen molar-refractivity contribution in [1.29, 1.82) is 0 Å². The number of alkyl halides is 2. The maximum Gasteiger partial charge on any atom is 0.387 e. The van der Waals surface area contributed by atoms with Crippen LogP contribution >= 0.6 is 0 Å². The van der Waals surface area contributed by atoms with Crippen molar-refractivity contribution >= 4 is 22.7 Å². The maximum absolute atomic E-state index is 14.2. The van der Waals surface area contributed by atoms with Gasteiger partial charge >= 0.3 is 6.61 Å². The van der Waals surface area contributed by atoms with Gasteiger partial charge in [-0.2, -0.15) is 8.78 Å². The number of nitrogens with zero attached hydrogens (tertiary/aromatic N) is 3. The highest BCUT2D eigenvalue weighted by Crippen LogP contribution is 2.29. The van der Waals surface area contributed by atoms with Crippen LogP contribution in [0.2, 0.25) is 0 Å². The van der Waals surface area contributed by atoms with Gasteiger partial charge in [-0.25, -0.2) is 18.8 Å². The number of hydrogen-bond acceptors (Lipinski definition) is 6. The van der Waals surface area contributed by atoms with Crippen LogP contribution < -0.4 is 21.5 Å². The fraction of sp³-hybridized carbons (Fsp3) is 0.158. The van der Waals surface area contributed by atoms with Crippen LogP contribution in [0.25, 0.3) is 16.9 Å². The van der Waals surface area contributed by atoms with E-state index < -0.39 is 29.8 Å². The van der Waals surface area contributed by atoms with Crippen LogP contribution in [0.1, 0.15) is 11.4 Å². The molecule has 5 N–H and O–H groups in total. The van der Waals surface area contributed by atoms with Gasteiger partial charge in [0.25, 0.3) is 0 Å². The van der Waals surface area contributed by atoms with Crippen molar-refractivity contribution < 1.29 is 22.3 Å². The summed E-state index contributed by atoms with van der Waals surface area (Å²) in [6, 6.07) is 7.36. The molecule has 4 rings (SSSR count). The zero-order chi connectivity index (χ0) is 21.6. The minimum absolute atomic E-state index is 0.0305. The number of ether oxygens (including phenoxy) is 1. The molecule has 2 heterocycles. The van der Waals surface area contributed by atoms with E-state index in [-0.39, 0.29) is 11.4 Å². The number of amidine groups is 1. The van der Waals surface area contributed by atoms with Crippen molar-refractivity contribution in [2.45, 2.75) is 19.3 Å². The van der Waals surface area contributed by atoms with E-state index in [1.807, 2.05) is 0 Å². The molecule has 1 unspecified atom stereocenters. The van der Waals surface area contributed by atoms with Crippen LogP contribution in [0, 0.1) is 18.6 Å². The van der Waals surface area contributed by atoms with E-state index in [2.05, 4.69) is 20.0 Å². The summed E-state index contributed by atoms with van der Waals surface area (Å²) < 4.78 is 58.3. The predicted molar refractivity (Wildman–Crippen MR) is 102 cm³/mol. The molecule has 3 aromatic rings. The number of aliphatic imine (C=N–C) groups is 1. The van der Waals surface area contributed by atoms with Crippen molar-refractivity contribution in [2.24, 2.45) is 16.5 Å². The van der Waals surface area contributed by atoms with E-state index in [4.69, 9.17) is 11.5 Å². The first-order valence-corrected chi connectivity index (χ1v) is 8.70. The van der Waals surface area contributed by atoms with E-state index in [1.54, 1.807) is 17.6 Å². The zero-order valence-corrected chi connectivity index (χ0v) is 15.5. The molecule has 0 saturated heterocycles. The molecule has 0 amide bonds. The quantitative estimate of drug-likeness (QED) is 0.563. The molecule has 7 nitrogen and oxygen atoms in total. The second-order valence-electron chi connectivity index (χ2n) is 6.61. The molecule has 0 radical (unpaired) electrons. The Morgan fingerprint density at radius 2 is 1.93 bits per heavy atom. The Morgan fingerprint density at radius 3 is 2.63 bits per heavy atom. The smallest absolute Gasteiger partial charge is 0.387 e. The third kappa shape index (κ3) is 3.43. The second-order valence-corrected chi connectivity index (χ2v) is 6.61. The monoisotopic (exact) mass is 420 g/mol. The predicted octanol–water partition coefficient (Wildman–Crippen LogP) is 2.75. The highest BCUT2D eigenvalue weighted by atomic mass is 19.3. The Kier molecular flexibility index (Phi) is 4.61. The van der Waals surface area contributed by atoms with Gasteiger partial charge < -0.3 is 15.8 Å². The van der Waals surface area contributed by atoms with Gasteiger partial charge in [0.2, 0.25) is 5.79 Å². The summed E-state index contributed by atoms with van der Waals surface area (Å²) in [5.41, 5.74) is 13.4. The van der Waals surface area contributed by atoms with Crippen LogP contribution in [0.3, 0.4) is 0 Å². The average molecular weight is 420 g/mol. The molecule has 0 aliphatic carbocycles. The van der Waals surface area contributed by atoms with Crippen molar-refractivity contribution in [3.63, 3.8) is 0 Å². The summed E-state index contributed by atoms with van der Waals surface area (Å²) >= 11 is 0.